The lowest BCUT2D eigenvalue weighted by atomic mass is 9.95. The van der Waals surface area contributed by atoms with Gasteiger partial charge >= 0.3 is 12.1 Å². The number of rotatable bonds is 3. The van der Waals surface area contributed by atoms with Crippen LogP contribution >= 0.6 is 0 Å². The molecule has 0 aliphatic carbocycles. The first kappa shape index (κ1) is 18.7. The number of nitrogens with one attached hydrogen (secondary N) is 1. The van der Waals surface area contributed by atoms with Gasteiger partial charge in [-0.2, -0.15) is 0 Å². The van der Waals surface area contributed by atoms with E-state index in [2.05, 4.69) is 5.32 Å². The summed E-state index contributed by atoms with van der Waals surface area (Å²) in [5.41, 5.74) is 4.65. The molecule has 1 saturated heterocycles. The molecule has 0 aromatic carbocycles. The minimum atomic E-state index is -0.897. The summed E-state index contributed by atoms with van der Waals surface area (Å²) in [5, 5.41) is 2.57. The fourth-order valence-electron chi connectivity index (χ4n) is 2.07. The van der Waals surface area contributed by atoms with Crippen LogP contribution in [0.25, 0.3) is 0 Å². The largest absolute Gasteiger partial charge is 0.458 e. The summed E-state index contributed by atoms with van der Waals surface area (Å²) >= 11 is 0. The van der Waals surface area contributed by atoms with Crippen molar-refractivity contribution < 1.29 is 23.8 Å². The van der Waals surface area contributed by atoms with Crippen molar-refractivity contribution in [1.82, 2.24) is 5.32 Å². The Balaban J connectivity index is 2.82. The number of hydrogen-bond acceptors (Lipinski definition) is 6. The second-order valence-corrected chi connectivity index (χ2v) is 7.52. The summed E-state index contributed by atoms with van der Waals surface area (Å²) in [4.78, 5) is 24.4. The van der Waals surface area contributed by atoms with Crippen LogP contribution in [-0.2, 0) is 19.0 Å². The van der Waals surface area contributed by atoms with E-state index in [4.69, 9.17) is 19.9 Å². The molecule has 128 valence electrons. The molecule has 7 heteroatoms. The van der Waals surface area contributed by atoms with Crippen LogP contribution in [0.15, 0.2) is 0 Å². The van der Waals surface area contributed by atoms with Crippen molar-refractivity contribution in [2.75, 3.05) is 13.2 Å². The van der Waals surface area contributed by atoms with Crippen LogP contribution in [0.2, 0.25) is 0 Å². The summed E-state index contributed by atoms with van der Waals surface area (Å²) in [7, 11) is 0. The van der Waals surface area contributed by atoms with E-state index in [9.17, 15) is 9.59 Å². The van der Waals surface area contributed by atoms with Gasteiger partial charge in [0.1, 0.15) is 17.2 Å². The van der Waals surface area contributed by atoms with E-state index in [0.717, 1.165) is 0 Å². The maximum absolute atomic E-state index is 12.4. The molecule has 1 fully saturated rings. The number of carbonyl (C=O) groups is 2. The van der Waals surface area contributed by atoms with Crippen LogP contribution in [0.5, 0.6) is 0 Å². The SMILES string of the molecule is CC(C)(C)OC(=O)N[C@@H](C(=O)OC(C)(C)C)[C@@H]1COC[C@@H]1N. The molecular weight excluding hydrogens is 288 g/mol. The molecule has 3 atom stereocenters. The molecule has 1 rings (SSSR count). The van der Waals surface area contributed by atoms with Crippen molar-refractivity contribution in [3.8, 4) is 0 Å². The minimum Gasteiger partial charge on any atom is -0.458 e. The first-order valence-electron chi connectivity index (χ1n) is 7.45. The summed E-state index contributed by atoms with van der Waals surface area (Å²) in [6.07, 6.45) is -0.678. The van der Waals surface area contributed by atoms with E-state index in [1.807, 2.05) is 0 Å². The van der Waals surface area contributed by atoms with E-state index < -0.39 is 29.3 Å². The molecule has 0 spiro atoms. The first-order chi connectivity index (χ1) is 9.89. The molecule has 1 aliphatic rings. The molecule has 0 unspecified atom stereocenters. The highest BCUT2D eigenvalue weighted by Gasteiger charge is 2.40. The van der Waals surface area contributed by atoms with Crippen LogP contribution in [0.4, 0.5) is 4.79 Å². The number of nitrogens with two attached hydrogens (primary N) is 1. The van der Waals surface area contributed by atoms with E-state index in [1.54, 1.807) is 41.5 Å². The van der Waals surface area contributed by atoms with Crippen molar-refractivity contribution in [3.05, 3.63) is 0 Å². The molecule has 3 N–H and O–H groups in total. The number of esters is 1. The smallest absolute Gasteiger partial charge is 0.408 e. The Hall–Kier alpha value is -1.34. The molecule has 1 aliphatic heterocycles. The summed E-state index contributed by atoms with van der Waals surface area (Å²) in [6, 6.07) is -1.24. The molecule has 0 radical (unpaired) electrons. The predicted octanol–water partition coefficient (Wildman–Crippen LogP) is 1.20. The van der Waals surface area contributed by atoms with E-state index in [0.29, 0.717) is 13.2 Å². The van der Waals surface area contributed by atoms with Crippen molar-refractivity contribution in [3.63, 3.8) is 0 Å². The topological polar surface area (TPSA) is 99.9 Å². The molecule has 22 heavy (non-hydrogen) atoms. The summed E-state index contributed by atoms with van der Waals surface area (Å²) in [6.45, 7) is 11.2. The van der Waals surface area contributed by atoms with Gasteiger partial charge in [0, 0.05) is 12.0 Å². The molecule has 7 nitrogen and oxygen atoms in total. The minimum absolute atomic E-state index is 0.293. The lowest BCUT2D eigenvalue weighted by Crippen LogP contribution is -2.54. The Kier molecular flexibility index (Phi) is 5.81. The quantitative estimate of drug-likeness (QED) is 0.759. The van der Waals surface area contributed by atoms with Gasteiger partial charge in [-0.1, -0.05) is 0 Å². The zero-order chi connectivity index (χ0) is 17.1. The second kappa shape index (κ2) is 6.83. The number of carbonyl (C=O) groups excluding carboxylic acids is 2. The molecule has 0 saturated carbocycles. The van der Waals surface area contributed by atoms with E-state index in [1.165, 1.54) is 0 Å². The molecular formula is C15H28N2O5. The van der Waals surface area contributed by atoms with E-state index in [-0.39, 0.29) is 12.0 Å². The number of alkyl carbamates (subject to hydrolysis) is 1. The fourth-order valence-corrected chi connectivity index (χ4v) is 2.07. The second-order valence-electron chi connectivity index (χ2n) is 7.52. The Labute approximate surface area is 131 Å². The van der Waals surface area contributed by atoms with Gasteiger partial charge in [0.15, 0.2) is 0 Å². The monoisotopic (exact) mass is 316 g/mol. The third-order valence-corrected chi connectivity index (χ3v) is 2.93. The Morgan fingerprint density at radius 1 is 1.09 bits per heavy atom. The highest BCUT2D eigenvalue weighted by atomic mass is 16.6. The van der Waals surface area contributed by atoms with Crippen LogP contribution in [-0.4, -0.2) is 48.6 Å². The van der Waals surface area contributed by atoms with Crippen molar-refractivity contribution in [2.24, 2.45) is 11.7 Å². The van der Waals surface area contributed by atoms with Crippen molar-refractivity contribution >= 4 is 12.1 Å². The number of hydrogen-bond donors (Lipinski definition) is 2. The van der Waals surface area contributed by atoms with Crippen molar-refractivity contribution in [1.29, 1.82) is 0 Å². The predicted molar refractivity (Wildman–Crippen MR) is 81.3 cm³/mol. The van der Waals surface area contributed by atoms with Gasteiger partial charge in [0.25, 0.3) is 0 Å². The maximum Gasteiger partial charge on any atom is 0.408 e. The zero-order valence-electron chi connectivity index (χ0n) is 14.3. The highest BCUT2D eigenvalue weighted by Crippen LogP contribution is 2.20. The lowest BCUT2D eigenvalue weighted by molar-refractivity contribution is -0.159. The molecule has 1 heterocycles. The lowest BCUT2D eigenvalue weighted by Gasteiger charge is -2.29. The summed E-state index contributed by atoms with van der Waals surface area (Å²) < 4.78 is 15.9. The Morgan fingerprint density at radius 2 is 1.64 bits per heavy atom. The molecule has 0 aromatic rings. The average molecular weight is 316 g/mol. The van der Waals surface area contributed by atoms with Gasteiger partial charge in [0.05, 0.1) is 13.2 Å². The zero-order valence-corrected chi connectivity index (χ0v) is 14.3. The van der Waals surface area contributed by atoms with Crippen LogP contribution in [0.1, 0.15) is 41.5 Å². The van der Waals surface area contributed by atoms with Gasteiger partial charge in [-0.25, -0.2) is 9.59 Å². The van der Waals surface area contributed by atoms with Gasteiger partial charge in [0.2, 0.25) is 0 Å². The maximum atomic E-state index is 12.4. The van der Waals surface area contributed by atoms with E-state index >= 15 is 0 Å². The van der Waals surface area contributed by atoms with Crippen LogP contribution in [0, 0.1) is 5.92 Å². The Bertz CT molecular complexity index is 411. The van der Waals surface area contributed by atoms with Crippen molar-refractivity contribution in [2.45, 2.75) is 64.8 Å². The molecule has 1 amide bonds. The van der Waals surface area contributed by atoms with Crippen LogP contribution in [0.3, 0.4) is 0 Å². The fraction of sp³-hybridized carbons (Fsp3) is 0.867. The third-order valence-electron chi connectivity index (χ3n) is 2.93. The van der Waals surface area contributed by atoms with Gasteiger partial charge in [-0.15, -0.1) is 0 Å². The number of amides is 1. The van der Waals surface area contributed by atoms with Gasteiger partial charge in [-0.3, -0.25) is 0 Å². The standard InChI is InChI=1S/C15H28N2O5/c1-14(2,3)21-12(18)11(9-7-20-8-10(9)16)17-13(19)22-15(4,5)6/h9-11H,7-8,16H2,1-6H3,(H,17,19)/t9-,10+,11-/m1/s1. The van der Waals surface area contributed by atoms with Gasteiger partial charge < -0.3 is 25.3 Å². The Morgan fingerprint density at radius 3 is 2.05 bits per heavy atom. The van der Waals surface area contributed by atoms with Crippen LogP contribution < -0.4 is 11.1 Å². The first-order valence-corrected chi connectivity index (χ1v) is 7.45. The normalized spacial score (nSPS) is 23.8. The number of ether oxygens (including phenoxy) is 3. The highest BCUT2D eigenvalue weighted by molar-refractivity contribution is 5.82. The summed E-state index contributed by atoms with van der Waals surface area (Å²) in [5.74, 6) is -0.883. The van der Waals surface area contributed by atoms with Gasteiger partial charge in [-0.05, 0) is 41.5 Å². The average Bonchev–Trinajstić information content (AvgIpc) is 2.67. The molecule has 0 aromatic heterocycles. The third kappa shape index (κ3) is 6.19. The molecule has 0 bridgehead atoms.